The van der Waals surface area contributed by atoms with Crippen molar-refractivity contribution in [2.45, 2.75) is 0 Å². The minimum atomic E-state index is -0.909. The topological polar surface area (TPSA) is 9.23 Å². The third-order valence-corrected chi connectivity index (χ3v) is 2.64. The van der Waals surface area contributed by atoms with Gasteiger partial charge in [0.05, 0.1) is 7.11 Å². The lowest BCUT2D eigenvalue weighted by Gasteiger charge is -2.10. The van der Waals surface area contributed by atoms with E-state index in [2.05, 4.69) is 0 Å². The molecule has 0 N–H and O–H groups in total. The Morgan fingerprint density at radius 1 is 1.06 bits per heavy atom. The van der Waals surface area contributed by atoms with E-state index in [4.69, 9.17) is 16.3 Å². The fraction of sp³-hybridized carbons (Fsp3) is 0.0769. The molecule has 0 bridgehead atoms. The van der Waals surface area contributed by atoms with Gasteiger partial charge in [-0.05, 0) is 24.3 Å². The smallest absolute Gasteiger partial charge is 0.166 e. The lowest BCUT2D eigenvalue weighted by atomic mass is 10.0. The van der Waals surface area contributed by atoms with Crippen LogP contribution in [0.15, 0.2) is 36.4 Å². The molecule has 2 aromatic carbocycles. The zero-order valence-corrected chi connectivity index (χ0v) is 9.76. The highest BCUT2D eigenvalue weighted by molar-refractivity contribution is 6.31. The molecule has 0 saturated heterocycles. The first-order valence-electron chi connectivity index (χ1n) is 4.91. The SMILES string of the molecule is COc1ccc(Cl)cc1-c1cccc(F)c1F. The minimum Gasteiger partial charge on any atom is -0.496 e. The van der Waals surface area contributed by atoms with Crippen LogP contribution >= 0.6 is 11.6 Å². The summed E-state index contributed by atoms with van der Waals surface area (Å²) in [5.41, 5.74) is 0.557. The van der Waals surface area contributed by atoms with Crippen molar-refractivity contribution in [3.63, 3.8) is 0 Å². The van der Waals surface area contributed by atoms with Gasteiger partial charge in [0.25, 0.3) is 0 Å². The summed E-state index contributed by atoms with van der Waals surface area (Å²) < 4.78 is 31.9. The van der Waals surface area contributed by atoms with Crippen LogP contribution in [-0.2, 0) is 0 Å². The predicted molar refractivity (Wildman–Crippen MR) is 63.4 cm³/mol. The summed E-state index contributed by atoms with van der Waals surface area (Å²) in [5, 5.41) is 0.435. The first-order chi connectivity index (χ1) is 8.13. The van der Waals surface area contributed by atoms with E-state index >= 15 is 0 Å². The van der Waals surface area contributed by atoms with Crippen molar-refractivity contribution < 1.29 is 13.5 Å². The highest BCUT2D eigenvalue weighted by atomic mass is 35.5. The van der Waals surface area contributed by atoms with Gasteiger partial charge in [0, 0.05) is 16.1 Å². The molecule has 0 aromatic heterocycles. The Labute approximate surface area is 103 Å². The van der Waals surface area contributed by atoms with Gasteiger partial charge in [-0.2, -0.15) is 0 Å². The van der Waals surface area contributed by atoms with Crippen molar-refractivity contribution in [1.82, 2.24) is 0 Å². The number of rotatable bonds is 2. The third-order valence-electron chi connectivity index (χ3n) is 2.40. The molecule has 4 heteroatoms. The Morgan fingerprint density at radius 2 is 1.82 bits per heavy atom. The summed E-state index contributed by atoms with van der Waals surface area (Å²) in [6.07, 6.45) is 0. The monoisotopic (exact) mass is 254 g/mol. The predicted octanol–water partition coefficient (Wildman–Crippen LogP) is 4.29. The number of hydrogen-bond donors (Lipinski definition) is 0. The molecule has 0 saturated carbocycles. The first kappa shape index (κ1) is 11.9. The normalized spacial score (nSPS) is 10.4. The van der Waals surface area contributed by atoms with Crippen LogP contribution in [-0.4, -0.2) is 7.11 Å². The van der Waals surface area contributed by atoms with E-state index in [1.54, 1.807) is 12.1 Å². The highest BCUT2D eigenvalue weighted by Crippen LogP contribution is 2.34. The Balaban J connectivity index is 2.67. The molecule has 0 fully saturated rings. The number of halogens is 3. The van der Waals surface area contributed by atoms with E-state index in [9.17, 15) is 8.78 Å². The summed E-state index contributed by atoms with van der Waals surface area (Å²) in [6, 6.07) is 8.76. The molecule has 2 rings (SSSR count). The van der Waals surface area contributed by atoms with Gasteiger partial charge in [-0.3, -0.25) is 0 Å². The van der Waals surface area contributed by atoms with Gasteiger partial charge in [0.15, 0.2) is 11.6 Å². The molecular formula is C13H9ClF2O. The summed E-state index contributed by atoms with van der Waals surface area (Å²) >= 11 is 5.84. The fourth-order valence-electron chi connectivity index (χ4n) is 1.60. The Bertz CT molecular complexity index is 555. The van der Waals surface area contributed by atoms with Gasteiger partial charge < -0.3 is 4.74 Å². The van der Waals surface area contributed by atoms with Gasteiger partial charge in [-0.1, -0.05) is 23.7 Å². The van der Waals surface area contributed by atoms with Crippen LogP contribution in [0.2, 0.25) is 5.02 Å². The van der Waals surface area contributed by atoms with Crippen molar-refractivity contribution >= 4 is 11.6 Å². The van der Waals surface area contributed by atoms with Crippen LogP contribution in [0.1, 0.15) is 0 Å². The molecule has 0 atom stereocenters. The van der Waals surface area contributed by atoms with Crippen LogP contribution in [0.4, 0.5) is 8.78 Å². The van der Waals surface area contributed by atoms with Crippen molar-refractivity contribution in [3.8, 4) is 16.9 Å². The van der Waals surface area contributed by atoms with Crippen LogP contribution in [0, 0.1) is 11.6 Å². The molecule has 0 spiro atoms. The quantitative estimate of drug-likeness (QED) is 0.777. The molecule has 2 aromatic rings. The summed E-state index contributed by atoms with van der Waals surface area (Å²) in [4.78, 5) is 0. The zero-order valence-electron chi connectivity index (χ0n) is 9.01. The molecule has 0 aliphatic heterocycles. The summed E-state index contributed by atoms with van der Waals surface area (Å²) in [5.74, 6) is -1.36. The minimum absolute atomic E-state index is 0.129. The van der Waals surface area contributed by atoms with Gasteiger partial charge in [-0.15, -0.1) is 0 Å². The molecule has 0 aliphatic carbocycles. The Morgan fingerprint density at radius 3 is 2.53 bits per heavy atom. The summed E-state index contributed by atoms with van der Waals surface area (Å²) in [7, 11) is 1.46. The van der Waals surface area contributed by atoms with Crippen LogP contribution in [0.25, 0.3) is 11.1 Å². The molecule has 0 amide bonds. The Hall–Kier alpha value is -1.61. The van der Waals surface area contributed by atoms with Gasteiger partial charge >= 0.3 is 0 Å². The van der Waals surface area contributed by atoms with Crippen LogP contribution < -0.4 is 4.74 Å². The number of methoxy groups -OCH3 is 1. The average Bonchev–Trinajstić information content (AvgIpc) is 2.33. The second kappa shape index (κ2) is 4.72. The van der Waals surface area contributed by atoms with E-state index in [0.717, 1.165) is 6.07 Å². The van der Waals surface area contributed by atoms with Crippen LogP contribution in [0.3, 0.4) is 0 Å². The van der Waals surface area contributed by atoms with Gasteiger partial charge in [0.1, 0.15) is 5.75 Å². The number of ether oxygens (including phenoxy) is 1. The number of benzene rings is 2. The average molecular weight is 255 g/mol. The second-order valence-electron chi connectivity index (χ2n) is 3.45. The first-order valence-corrected chi connectivity index (χ1v) is 5.29. The Kier molecular flexibility index (Phi) is 3.29. The number of hydrogen-bond acceptors (Lipinski definition) is 1. The maximum atomic E-state index is 13.7. The van der Waals surface area contributed by atoms with Crippen molar-refractivity contribution in [1.29, 1.82) is 0 Å². The second-order valence-corrected chi connectivity index (χ2v) is 3.88. The molecule has 0 radical (unpaired) electrons. The molecule has 1 nitrogen and oxygen atoms in total. The molecule has 17 heavy (non-hydrogen) atoms. The lowest BCUT2D eigenvalue weighted by molar-refractivity contribution is 0.416. The summed E-state index contributed by atoms with van der Waals surface area (Å²) in [6.45, 7) is 0. The van der Waals surface area contributed by atoms with Crippen LogP contribution in [0.5, 0.6) is 5.75 Å². The van der Waals surface area contributed by atoms with E-state index < -0.39 is 11.6 Å². The molecular weight excluding hydrogens is 246 g/mol. The van der Waals surface area contributed by atoms with Crippen molar-refractivity contribution in [3.05, 3.63) is 53.1 Å². The van der Waals surface area contributed by atoms with E-state index in [1.807, 2.05) is 0 Å². The highest BCUT2D eigenvalue weighted by Gasteiger charge is 2.13. The van der Waals surface area contributed by atoms with E-state index in [1.165, 1.54) is 25.3 Å². The standard InChI is InChI=1S/C13H9ClF2O/c1-17-12-6-5-8(14)7-10(12)9-3-2-4-11(15)13(9)16/h2-7H,1H3. The zero-order chi connectivity index (χ0) is 12.4. The van der Waals surface area contributed by atoms with Crippen molar-refractivity contribution in [2.24, 2.45) is 0 Å². The maximum absolute atomic E-state index is 13.7. The third kappa shape index (κ3) is 2.24. The largest absolute Gasteiger partial charge is 0.496 e. The molecule has 0 aliphatic rings. The van der Waals surface area contributed by atoms with Crippen molar-refractivity contribution in [2.75, 3.05) is 7.11 Å². The molecule has 0 heterocycles. The molecule has 0 unspecified atom stereocenters. The van der Waals surface area contributed by atoms with Gasteiger partial charge in [-0.25, -0.2) is 8.78 Å². The van der Waals surface area contributed by atoms with Gasteiger partial charge in [0.2, 0.25) is 0 Å². The van der Waals surface area contributed by atoms with E-state index in [0.29, 0.717) is 16.3 Å². The van der Waals surface area contributed by atoms with E-state index in [-0.39, 0.29) is 5.56 Å². The lowest BCUT2D eigenvalue weighted by Crippen LogP contribution is -1.92. The molecule has 88 valence electrons. The maximum Gasteiger partial charge on any atom is 0.166 e. The fourth-order valence-corrected chi connectivity index (χ4v) is 1.77.